The fraction of sp³-hybridized carbons (Fsp3) is 0.462. The van der Waals surface area contributed by atoms with Gasteiger partial charge in [-0.25, -0.2) is 12.7 Å². The van der Waals surface area contributed by atoms with Gasteiger partial charge in [0.2, 0.25) is 10.0 Å². The fourth-order valence-electron chi connectivity index (χ4n) is 1.73. The van der Waals surface area contributed by atoms with E-state index in [2.05, 4.69) is 6.07 Å². The predicted molar refractivity (Wildman–Crippen MR) is 79.8 cm³/mol. The second-order valence-electron chi connectivity index (χ2n) is 4.83. The molecule has 1 unspecified atom stereocenters. The van der Waals surface area contributed by atoms with Crippen molar-refractivity contribution in [2.45, 2.75) is 24.3 Å². The summed E-state index contributed by atoms with van der Waals surface area (Å²) in [5.41, 5.74) is 7.03. The summed E-state index contributed by atoms with van der Waals surface area (Å²) in [6.45, 7) is 1.91. The highest BCUT2D eigenvalue weighted by atomic mass is 32.2. The molecule has 0 amide bonds. The van der Waals surface area contributed by atoms with Gasteiger partial charge in [-0.05, 0) is 25.1 Å². The van der Waals surface area contributed by atoms with Crippen LogP contribution >= 0.6 is 0 Å². The number of rotatable bonds is 5. The maximum absolute atomic E-state index is 12.0. The average molecular weight is 296 g/mol. The van der Waals surface area contributed by atoms with Crippen LogP contribution in [0.5, 0.6) is 0 Å². The van der Waals surface area contributed by atoms with E-state index in [0.717, 1.165) is 4.31 Å². The first kappa shape index (κ1) is 16.3. The summed E-state index contributed by atoms with van der Waals surface area (Å²) in [5, 5.41) is 8.72. The van der Waals surface area contributed by atoms with Gasteiger partial charge in [0.25, 0.3) is 0 Å². The van der Waals surface area contributed by atoms with Crippen molar-refractivity contribution in [1.29, 1.82) is 5.26 Å². The molecule has 1 atom stereocenters. The molecule has 0 saturated carbocycles. The maximum Gasteiger partial charge on any atom is 0.242 e. The number of sulfonamides is 1. The predicted octanol–water partition coefficient (Wildman–Crippen LogP) is 1.26. The lowest BCUT2D eigenvalue weighted by Gasteiger charge is -2.27. The van der Waals surface area contributed by atoms with Gasteiger partial charge in [0.15, 0.2) is 0 Å². The molecule has 0 heterocycles. The first-order chi connectivity index (χ1) is 9.21. The molecule has 1 aromatic rings. The van der Waals surface area contributed by atoms with Crippen molar-refractivity contribution in [1.82, 2.24) is 4.31 Å². The van der Waals surface area contributed by atoms with E-state index in [-0.39, 0.29) is 10.9 Å². The summed E-state index contributed by atoms with van der Waals surface area (Å²) in [6, 6.07) is 6.74. The summed E-state index contributed by atoms with van der Waals surface area (Å²) < 4.78 is 25.2. The third kappa shape index (κ3) is 3.21. The number of nitrogens with zero attached hydrogens (tertiary/aromatic N) is 3. The number of hydrogen-bond donors (Lipinski definition) is 1. The Kier molecular flexibility index (Phi) is 4.98. The number of benzene rings is 1. The number of anilines is 2. The molecular formula is C13H20N4O2S. The van der Waals surface area contributed by atoms with Gasteiger partial charge < -0.3 is 10.6 Å². The molecule has 110 valence electrons. The molecule has 0 radical (unpaired) electrons. The summed E-state index contributed by atoms with van der Waals surface area (Å²) >= 11 is 0. The van der Waals surface area contributed by atoms with Crippen LogP contribution in [0.25, 0.3) is 0 Å². The highest BCUT2D eigenvalue weighted by Gasteiger charge is 2.20. The standard InChI is InChI=1S/C13H20N4O2S/c1-10(7-8-14)17(4)13-6-5-11(9-12(13)15)20(18,19)16(2)3/h5-6,9-10H,7,15H2,1-4H3. The Morgan fingerprint density at radius 1 is 1.35 bits per heavy atom. The molecule has 7 heteroatoms. The lowest BCUT2D eigenvalue weighted by molar-refractivity contribution is 0.521. The van der Waals surface area contributed by atoms with Gasteiger partial charge in [-0.1, -0.05) is 0 Å². The highest BCUT2D eigenvalue weighted by molar-refractivity contribution is 7.89. The van der Waals surface area contributed by atoms with E-state index in [4.69, 9.17) is 11.0 Å². The van der Waals surface area contributed by atoms with E-state index in [1.807, 2.05) is 18.9 Å². The Labute approximate surface area is 120 Å². The van der Waals surface area contributed by atoms with Gasteiger partial charge in [0, 0.05) is 27.2 Å². The molecule has 0 aliphatic rings. The van der Waals surface area contributed by atoms with Gasteiger partial charge in [0.1, 0.15) is 0 Å². The molecule has 0 aromatic heterocycles. The molecule has 1 rings (SSSR count). The van der Waals surface area contributed by atoms with E-state index in [0.29, 0.717) is 17.8 Å². The lowest BCUT2D eigenvalue weighted by atomic mass is 10.2. The second-order valence-corrected chi connectivity index (χ2v) is 6.98. The zero-order valence-corrected chi connectivity index (χ0v) is 13.0. The zero-order chi connectivity index (χ0) is 15.5. The van der Waals surface area contributed by atoms with E-state index in [9.17, 15) is 8.42 Å². The van der Waals surface area contributed by atoms with E-state index in [1.54, 1.807) is 6.07 Å². The van der Waals surface area contributed by atoms with Gasteiger partial charge >= 0.3 is 0 Å². The van der Waals surface area contributed by atoms with Crippen LogP contribution in [-0.2, 0) is 10.0 Å². The minimum Gasteiger partial charge on any atom is -0.397 e. The number of nitrogen functional groups attached to an aromatic ring is 1. The van der Waals surface area contributed by atoms with E-state index < -0.39 is 10.0 Å². The van der Waals surface area contributed by atoms with Crippen LogP contribution in [0.15, 0.2) is 23.1 Å². The first-order valence-electron chi connectivity index (χ1n) is 6.13. The van der Waals surface area contributed by atoms with Gasteiger partial charge in [-0.15, -0.1) is 0 Å². The normalized spacial score (nSPS) is 13.0. The van der Waals surface area contributed by atoms with E-state index in [1.165, 1.54) is 26.2 Å². The second kappa shape index (κ2) is 6.11. The van der Waals surface area contributed by atoms with Crippen LogP contribution in [0.3, 0.4) is 0 Å². The van der Waals surface area contributed by atoms with Crippen molar-refractivity contribution >= 4 is 21.4 Å². The van der Waals surface area contributed by atoms with Crippen LogP contribution in [0, 0.1) is 11.3 Å². The zero-order valence-electron chi connectivity index (χ0n) is 12.2. The number of nitriles is 1. The maximum atomic E-state index is 12.0. The smallest absolute Gasteiger partial charge is 0.242 e. The Morgan fingerprint density at radius 2 is 1.95 bits per heavy atom. The van der Waals surface area contributed by atoms with Gasteiger partial charge in [0.05, 0.1) is 28.8 Å². The molecule has 0 aliphatic carbocycles. The Hall–Kier alpha value is -1.78. The summed E-state index contributed by atoms with van der Waals surface area (Å²) in [6.07, 6.45) is 0.369. The van der Waals surface area contributed by atoms with Crippen molar-refractivity contribution in [3.05, 3.63) is 18.2 Å². The quantitative estimate of drug-likeness (QED) is 0.826. The summed E-state index contributed by atoms with van der Waals surface area (Å²) in [5.74, 6) is 0. The van der Waals surface area contributed by atoms with Crippen molar-refractivity contribution < 1.29 is 8.42 Å². The number of nitrogens with two attached hydrogens (primary N) is 1. The van der Waals surface area contributed by atoms with Gasteiger partial charge in [-0.3, -0.25) is 0 Å². The van der Waals surface area contributed by atoms with E-state index >= 15 is 0 Å². The molecule has 0 saturated heterocycles. The Bertz CT molecular complexity index is 620. The fourth-order valence-corrected chi connectivity index (χ4v) is 2.67. The third-order valence-electron chi connectivity index (χ3n) is 3.21. The Balaban J connectivity index is 3.16. The minimum atomic E-state index is -3.49. The molecule has 6 nitrogen and oxygen atoms in total. The van der Waals surface area contributed by atoms with Crippen molar-refractivity contribution in [3.8, 4) is 6.07 Å². The third-order valence-corrected chi connectivity index (χ3v) is 5.02. The average Bonchev–Trinajstić information content (AvgIpc) is 2.37. The van der Waals surface area contributed by atoms with Crippen molar-refractivity contribution in [2.24, 2.45) is 0 Å². The summed E-state index contributed by atoms with van der Waals surface area (Å²) in [7, 11) is 1.28. The number of hydrogen-bond acceptors (Lipinski definition) is 5. The largest absolute Gasteiger partial charge is 0.397 e. The molecule has 1 aromatic carbocycles. The Morgan fingerprint density at radius 3 is 2.40 bits per heavy atom. The lowest BCUT2D eigenvalue weighted by Crippen LogP contribution is -2.29. The first-order valence-corrected chi connectivity index (χ1v) is 7.57. The molecule has 2 N–H and O–H groups in total. The van der Waals surface area contributed by atoms with Gasteiger partial charge in [-0.2, -0.15) is 5.26 Å². The topological polar surface area (TPSA) is 90.4 Å². The van der Waals surface area contributed by atoms with Crippen LogP contribution in [0.4, 0.5) is 11.4 Å². The van der Waals surface area contributed by atoms with Crippen molar-refractivity contribution in [2.75, 3.05) is 31.8 Å². The minimum absolute atomic E-state index is 0.00129. The molecule has 0 spiro atoms. The molecule has 20 heavy (non-hydrogen) atoms. The molecule has 0 aliphatic heterocycles. The SMILES string of the molecule is CC(CC#N)N(C)c1ccc(S(=O)(=O)N(C)C)cc1N. The molecule has 0 bridgehead atoms. The van der Waals surface area contributed by atoms with Crippen LogP contribution in [0.1, 0.15) is 13.3 Å². The van der Waals surface area contributed by atoms with Crippen LogP contribution < -0.4 is 10.6 Å². The van der Waals surface area contributed by atoms with Crippen LogP contribution in [-0.4, -0.2) is 39.9 Å². The highest BCUT2D eigenvalue weighted by Crippen LogP contribution is 2.28. The summed E-state index contributed by atoms with van der Waals surface area (Å²) in [4.78, 5) is 2.02. The van der Waals surface area contributed by atoms with Crippen LogP contribution in [0.2, 0.25) is 0 Å². The molecule has 0 fully saturated rings. The van der Waals surface area contributed by atoms with Crippen molar-refractivity contribution in [3.63, 3.8) is 0 Å². The molecular weight excluding hydrogens is 276 g/mol. The monoisotopic (exact) mass is 296 g/mol.